The van der Waals surface area contributed by atoms with Crippen molar-refractivity contribution in [3.63, 3.8) is 0 Å². The summed E-state index contributed by atoms with van der Waals surface area (Å²) in [4.78, 5) is 41.9. The molecule has 1 aliphatic heterocycles. The van der Waals surface area contributed by atoms with Gasteiger partial charge in [0.2, 0.25) is 5.91 Å². The molecule has 3 rings (SSSR count). The van der Waals surface area contributed by atoms with Gasteiger partial charge in [-0.1, -0.05) is 11.3 Å². The average Bonchev–Trinajstić information content (AvgIpc) is 2.88. The third kappa shape index (κ3) is 3.31. The van der Waals surface area contributed by atoms with Gasteiger partial charge in [-0.3, -0.25) is 14.6 Å². The first-order valence-corrected chi connectivity index (χ1v) is 7.59. The highest BCUT2D eigenvalue weighted by Gasteiger charge is 2.16. The first-order chi connectivity index (χ1) is 10.6. The lowest BCUT2D eigenvalue weighted by molar-refractivity contribution is -0.116. The zero-order valence-corrected chi connectivity index (χ0v) is 12.4. The van der Waals surface area contributed by atoms with Gasteiger partial charge in [-0.2, -0.15) is 0 Å². The summed E-state index contributed by atoms with van der Waals surface area (Å²) in [6.45, 7) is 1.38. The number of carbonyl (C=O) groups excluding carboxylic acids is 1. The van der Waals surface area contributed by atoms with Gasteiger partial charge >= 0.3 is 5.69 Å². The van der Waals surface area contributed by atoms with Crippen LogP contribution in [0.5, 0.6) is 0 Å². The number of rotatable bonds is 4. The number of anilines is 1. The third-order valence-corrected chi connectivity index (χ3v) is 4.20. The first-order valence-electron chi connectivity index (χ1n) is 6.78. The summed E-state index contributed by atoms with van der Waals surface area (Å²) in [5.74, 6) is -0.231. The Bertz CT molecular complexity index is 783. The molecule has 0 spiro atoms. The molecule has 2 aromatic rings. The smallest absolute Gasteiger partial charge is 0.328 e. The van der Waals surface area contributed by atoms with Crippen LogP contribution in [-0.2, 0) is 29.1 Å². The van der Waals surface area contributed by atoms with Crippen LogP contribution in [0.3, 0.4) is 0 Å². The maximum Gasteiger partial charge on any atom is 0.328 e. The van der Waals surface area contributed by atoms with Crippen LogP contribution in [0.15, 0.2) is 21.9 Å². The number of carbonyl (C=O) groups is 1. The molecule has 1 aliphatic rings. The lowest BCUT2D eigenvalue weighted by Gasteiger charge is -2.08. The number of nitrogens with zero attached hydrogens (tertiary/aromatic N) is 2. The van der Waals surface area contributed by atoms with Gasteiger partial charge in [-0.05, 0) is 0 Å². The van der Waals surface area contributed by atoms with E-state index in [1.54, 1.807) is 0 Å². The Labute approximate surface area is 128 Å². The van der Waals surface area contributed by atoms with E-state index in [-0.39, 0.29) is 18.9 Å². The summed E-state index contributed by atoms with van der Waals surface area (Å²) in [6.07, 6.45) is 2.25. The van der Waals surface area contributed by atoms with Gasteiger partial charge < -0.3 is 14.6 Å². The van der Waals surface area contributed by atoms with Gasteiger partial charge in [0, 0.05) is 31.6 Å². The molecule has 0 saturated heterocycles. The van der Waals surface area contributed by atoms with E-state index in [0.717, 1.165) is 17.0 Å². The van der Waals surface area contributed by atoms with Crippen molar-refractivity contribution in [2.75, 3.05) is 11.9 Å². The number of fused-ring (bicyclic) bond motifs is 1. The van der Waals surface area contributed by atoms with Gasteiger partial charge in [0.1, 0.15) is 0 Å². The minimum Gasteiger partial charge on any atom is -0.375 e. The normalized spacial score (nSPS) is 13.6. The van der Waals surface area contributed by atoms with Crippen molar-refractivity contribution in [1.29, 1.82) is 0 Å². The molecule has 2 aromatic heterocycles. The molecule has 0 aliphatic carbocycles. The zero-order chi connectivity index (χ0) is 15.5. The van der Waals surface area contributed by atoms with Crippen LogP contribution in [0.25, 0.3) is 0 Å². The number of aromatic amines is 1. The summed E-state index contributed by atoms with van der Waals surface area (Å²) < 4.78 is 6.61. The van der Waals surface area contributed by atoms with Crippen LogP contribution in [0.1, 0.15) is 17.0 Å². The molecule has 0 unspecified atom stereocenters. The summed E-state index contributed by atoms with van der Waals surface area (Å²) >= 11 is 1.41. The monoisotopic (exact) mass is 322 g/mol. The van der Waals surface area contributed by atoms with E-state index in [9.17, 15) is 14.4 Å². The van der Waals surface area contributed by atoms with Crippen molar-refractivity contribution in [2.24, 2.45) is 0 Å². The van der Waals surface area contributed by atoms with Crippen molar-refractivity contribution in [3.8, 4) is 0 Å². The summed E-state index contributed by atoms with van der Waals surface area (Å²) in [5, 5.41) is 3.28. The van der Waals surface area contributed by atoms with E-state index in [4.69, 9.17) is 4.74 Å². The van der Waals surface area contributed by atoms with E-state index < -0.39 is 11.2 Å². The Morgan fingerprint density at radius 2 is 2.36 bits per heavy atom. The van der Waals surface area contributed by atoms with Crippen LogP contribution in [0.4, 0.5) is 5.13 Å². The number of thiazole rings is 1. The third-order valence-electron chi connectivity index (χ3n) is 3.22. The van der Waals surface area contributed by atoms with Crippen molar-refractivity contribution >= 4 is 22.4 Å². The Kier molecular flexibility index (Phi) is 4.16. The molecule has 116 valence electrons. The zero-order valence-electron chi connectivity index (χ0n) is 11.6. The van der Waals surface area contributed by atoms with E-state index >= 15 is 0 Å². The number of ether oxygens (including phenoxy) is 1. The second-order valence-corrected chi connectivity index (χ2v) is 5.88. The predicted octanol–water partition coefficient (Wildman–Crippen LogP) is 0.0946. The molecule has 0 saturated carbocycles. The van der Waals surface area contributed by atoms with Crippen molar-refractivity contribution in [2.45, 2.75) is 26.0 Å². The highest BCUT2D eigenvalue weighted by Crippen LogP contribution is 2.26. The molecule has 0 radical (unpaired) electrons. The quantitative estimate of drug-likeness (QED) is 0.830. The van der Waals surface area contributed by atoms with Gasteiger partial charge in [0.25, 0.3) is 5.56 Å². The second kappa shape index (κ2) is 6.24. The minimum absolute atomic E-state index is 0.118. The molecule has 0 bridgehead atoms. The number of amides is 1. The molecule has 1 amide bonds. The van der Waals surface area contributed by atoms with Gasteiger partial charge in [-0.15, -0.1) is 0 Å². The molecule has 9 heteroatoms. The van der Waals surface area contributed by atoms with Gasteiger partial charge in [0.15, 0.2) is 5.13 Å². The van der Waals surface area contributed by atoms with Crippen LogP contribution in [0, 0.1) is 0 Å². The van der Waals surface area contributed by atoms with E-state index in [1.165, 1.54) is 28.2 Å². The van der Waals surface area contributed by atoms with Crippen LogP contribution in [-0.4, -0.2) is 27.0 Å². The fourth-order valence-electron chi connectivity index (χ4n) is 2.10. The van der Waals surface area contributed by atoms with Crippen molar-refractivity contribution in [3.05, 3.63) is 43.7 Å². The van der Waals surface area contributed by atoms with E-state index in [0.29, 0.717) is 18.3 Å². The first kappa shape index (κ1) is 14.7. The summed E-state index contributed by atoms with van der Waals surface area (Å²) in [7, 11) is 0. The number of H-pyrrole nitrogens is 1. The molecule has 22 heavy (non-hydrogen) atoms. The second-order valence-electron chi connectivity index (χ2n) is 4.79. The Hall–Kier alpha value is -2.26. The number of aromatic nitrogens is 3. The number of aryl methyl sites for hydroxylation is 1. The van der Waals surface area contributed by atoms with E-state index in [1.807, 2.05) is 0 Å². The van der Waals surface area contributed by atoms with Crippen LogP contribution < -0.4 is 16.6 Å². The number of hydrogen-bond acceptors (Lipinski definition) is 6. The Balaban J connectivity index is 1.59. The highest BCUT2D eigenvalue weighted by atomic mass is 32.1. The van der Waals surface area contributed by atoms with Crippen LogP contribution in [0.2, 0.25) is 0 Å². The molecular weight excluding hydrogens is 308 g/mol. The van der Waals surface area contributed by atoms with E-state index in [2.05, 4.69) is 15.3 Å². The molecule has 0 fully saturated rings. The topological polar surface area (TPSA) is 106 Å². The van der Waals surface area contributed by atoms with Crippen molar-refractivity contribution < 1.29 is 9.53 Å². The van der Waals surface area contributed by atoms with Gasteiger partial charge in [-0.25, -0.2) is 9.78 Å². The summed E-state index contributed by atoms with van der Waals surface area (Å²) in [5.41, 5.74) is -0.00754. The lowest BCUT2D eigenvalue weighted by Crippen LogP contribution is -2.29. The fraction of sp³-hybridized carbons (Fsp3) is 0.385. The summed E-state index contributed by atoms with van der Waals surface area (Å²) in [6, 6.07) is 1.24. The largest absolute Gasteiger partial charge is 0.375 e. The average molecular weight is 322 g/mol. The van der Waals surface area contributed by atoms with Crippen LogP contribution >= 0.6 is 11.3 Å². The molecule has 8 nitrogen and oxygen atoms in total. The lowest BCUT2D eigenvalue weighted by atomic mass is 10.2. The molecule has 2 N–H and O–H groups in total. The van der Waals surface area contributed by atoms with Crippen molar-refractivity contribution in [1.82, 2.24) is 14.5 Å². The Morgan fingerprint density at radius 3 is 3.14 bits per heavy atom. The standard InChI is InChI=1S/C13H14N4O4S/c18-10(1-4-17-5-2-11(19)16-13(17)20)15-12-14-8-3-6-21-7-9(8)22-12/h2,5H,1,3-4,6-7H2,(H,14,15,18)(H,16,19,20). The Morgan fingerprint density at radius 1 is 1.50 bits per heavy atom. The highest BCUT2D eigenvalue weighted by molar-refractivity contribution is 7.15. The molecule has 3 heterocycles. The SMILES string of the molecule is O=C(CCn1ccc(=O)[nH]c1=O)Nc1nc2c(s1)COCC2. The fourth-order valence-corrected chi connectivity index (χ4v) is 3.06. The maximum absolute atomic E-state index is 11.9. The minimum atomic E-state index is -0.526. The molecule has 0 aromatic carbocycles. The number of nitrogens with one attached hydrogen (secondary N) is 2. The van der Waals surface area contributed by atoms with Gasteiger partial charge in [0.05, 0.1) is 23.8 Å². The molecule has 0 atom stereocenters. The number of hydrogen-bond donors (Lipinski definition) is 2. The molecular formula is C13H14N4O4S. The predicted molar refractivity (Wildman–Crippen MR) is 80.0 cm³/mol. The maximum atomic E-state index is 11.9.